The van der Waals surface area contributed by atoms with Crippen molar-refractivity contribution < 1.29 is 28.6 Å². The van der Waals surface area contributed by atoms with E-state index in [0.717, 1.165) is 43.9 Å². The molecule has 70 heavy (non-hydrogen) atoms. The zero-order valence-corrected chi connectivity index (χ0v) is 38.0. The summed E-state index contributed by atoms with van der Waals surface area (Å²) in [5.41, 5.74) is 41.8. The highest BCUT2D eigenvalue weighted by Crippen LogP contribution is 2.30. The monoisotopic (exact) mass is 929 g/mol. The minimum absolute atomic E-state index is 0.176. The quantitative estimate of drug-likeness (QED) is 0.0233. The van der Waals surface area contributed by atoms with Gasteiger partial charge in [-0.05, 0) is 118 Å². The predicted molar refractivity (Wildman–Crippen MR) is 281 cm³/mol. The lowest BCUT2D eigenvalue weighted by atomic mass is 9.97. The van der Waals surface area contributed by atoms with Crippen LogP contribution in [0.4, 0.5) is 34.1 Å². The zero-order valence-electron chi connectivity index (χ0n) is 38.0. The number of nitrogens with zero attached hydrogens (tertiary/aromatic N) is 1. The third kappa shape index (κ3) is 13.7. The highest BCUT2D eigenvalue weighted by molar-refractivity contribution is 6.02. The number of rotatable bonds is 11. The molecular formula is C57H51N7O6. The Bertz CT molecular complexity index is 3180. The van der Waals surface area contributed by atoms with Crippen molar-refractivity contribution in [1.29, 1.82) is 0 Å². The Balaban J connectivity index is 0.000000157. The van der Waals surface area contributed by atoms with Crippen LogP contribution in [0.1, 0.15) is 53.5 Å². The van der Waals surface area contributed by atoms with E-state index in [9.17, 15) is 14.4 Å². The van der Waals surface area contributed by atoms with Crippen LogP contribution in [0.15, 0.2) is 188 Å². The minimum atomic E-state index is -0.494. The fourth-order valence-corrected chi connectivity index (χ4v) is 7.31. The molecule has 0 unspecified atom stereocenters. The number of pyridine rings is 1. The maximum atomic E-state index is 12.5. The lowest BCUT2D eigenvalue weighted by molar-refractivity contribution is 0.0473. The number of nitrogen functional groups attached to an aromatic ring is 6. The maximum absolute atomic E-state index is 12.5. The van der Waals surface area contributed by atoms with E-state index in [0.29, 0.717) is 63.0 Å². The summed E-state index contributed by atoms with van der Waals surface area (Å²) in [6.07, 6.45) is 6.30. The van der Waals surface area contributed by atoms with E-state index in [2.05, 4.69) is 23.2 Å². The molecule has 0 saturated heterocycles. The summed E-state index contributed by atoms with van der Waals surface area (Å²) in [7, 11) is 0. The zero-order chi connectivity index (χ0) is 49.4. The molecule has 0 aliphatic rings. The maximum Gasteiger partial charge on any atom is 0.343 e. The number of aromatic nitrogens is 1. The van der Waals surface area contributed by atoms with Gasteiger partial charge in [0.15, 0.2) is 0 Å². The smallest absolute Gasteiger partial charge is 0.343 e. The van der Waals surface area contributed by atoms with Gasteiger partial charge in [-0.2, -0.15) is 0 Å². The molecule has 0 amide bonds. The minimum Gasteiger partial charge on any atom is -0.462 e. The van der Waals surface area contributed by atoms with E-state index in [-0.39, 0.29) is 13.2 Å². The second kappa shape index (κ2) is 23.2. The van der Waals surface area contributed by atoms with Crippen molar-refractivity contribution in [2.45, 2.75) is 13.0 Å². The van der Waals surface area contributed by atoms with Gasteiger partial charge < -0.3 is 48.6 Å². The van der Waals surface area contributed by atoms with Gasteiger partial charge in [-0.1, -0.05) is 109 Å². The number of fused-ring (bicyclic) bond motifs is 2. The molecule has 1 heterocycles. The number of hydrogen-bond acceptors (Lipinski definition) is 13. The SMILES string of the molecule is Nc1cc(N)cc(C(=O)OCCc2ccccn2)c1.Nc1cc(N)cc(C(=O)OCc2c3ccccc3cc3ccccc23)c1.Nc1cc(N)cc(C(=O)Oc2ccc(/C=C\c3ccccc3)cc2)c1. The van der Waals surface area contributed by atoms with Crippen LogP contribution in [0.3, 0.4) is 0 Å². The molecule has 0 fully saturated rings. The molecule has 12 N–H and O–H groups in total. The van der Waals surface area contributed by atoms with Crippen LogP contribution >= 0.6 is 0 Å². The molecule has 0 radical (unpaired) electrons. The Kier molecular flexibility index (Phi) is 16.0. The molecule has 350 valence electrons. The van der Waals surface area contributed by atoms with Gasteiger partial charge in [0.1, 0.15) is 12.4 Å². The Morgan fingerprint density at radius 3 is 1.39 bits per heavy atom. The lowest BCUT2D eigenvalue weighted by Gasteiger charge is -2.12. The first-order valence-electron chi connectivity index (χ1n) is 22.0. The normalized spacial score (nSPS) is 10.6. The van der Waals surface area contributed by atoms with Crippen LogP contribution in [-0.4, -0.2) is 29.5 Å². The molecule has 8 aromatic carbocycles. The first-order chi connectivity index (χ1) is 33.9. The molecular weight excluding hydrogens is 879 g/mol. The van der Waals surface area contributed by atoms with Crippen molar-refractivity contribution in [2.24, 2.45) is 0 Å². The summed E-state index contributed by atoms with van der Waals surface area (Å²) in [6, 6.07) is 55.3. The van der Waals surface area contributed by atoms with Crippen molar-refractivity contribution in [1.82, 2.24) is 4.98 Å². The lowest BCUT2D eigenvalue weighted by Crippen LogP contribution is -2.09. The summed E-state index contributed by atoms with van der Waals surface area (Å²) in [5, 5.41) is 4.38. The van der Waals surface area contributed by atoms with Crippen LogP contribution in [0.5, 0.6) is 5.75 Å². The molecule has 1 aromatic heterocycles. The number of benzene rings is 8. The number of nitrogens with two attached hydrogens (primary N) is 6. The van der Waals surface area contributed by atoms with Crippen LogP contribution in [0, 0.1) is 0 Å². The van der Waals surface area contributed by atoms with Crippen molar-refractivity contribution in [3.63, 3.8) is 0 Å². The van der Waals surface area contributed by atoms with Crippen molar-refractivity contribution >= 4 is 85.7 Å². The first kappa shape index (κ1) is 48.3. The van der Waals surface area contributed by atoms with Crippen LogP contribution < -0.4 is 39.1 Å². The number of carbonyl (C=O) groups is 3. The summed E-state index contributed by atoms with van der Waals surface area (Å²) >= 11 is 0. The topological polar surface area (TPSA) is 248 Å². The number of hydrogen-bond donors (Lipinski definition) is 6. The Hall–Kier alpha value is -9.62. The number of anilines is 6. The van der Waals surface area contributed by atoms with E-state index in [4.69, 9.17) is 48.6 Å². The van der Waals surface area contributed by atoms with Gasteiger partial charge in [-0.25, -0.2) is 14.4 Å². The average Bonchev–Trinajstić information content (AvgIpc) is 3.35. The molecule has 13 nitrogen and oxygen atoms in total. The van der Waals surface area contributed by atoms with E-state index >= 15 is 0 Å². The largest absolute Gasteiger partial charge is 0.462 e. The Labute approximate surface area is 404 Å². The first-order valence-corrected chi connectivity index (χ1v) is 22.0. The molecule has 0 bridgehead atoms. The average molecular weight is 930 g/mol. The molecule has 13 heteroatoms. The van der Waals surface area contributed by atoms with Crippen LogP contribution in [0.2, 0.25) is 0 Å². The summed E-state index contributed by atoms with van der Waals surface area (Å²) in [6.45, 7) is 0.444. The second-order valence-corrected chi connectivity index (χ2v) is 15.9. The molecule has 9 aromatic rings. The molecule has 0 aliphatic carbocycles. The Morgan fingerprint density at radius 1 is 0.443 bits per heavy atom. The van der Waals surface area contributed by atoms with E-state index in [1.165, 1.54) is 12.1 Å². The van der Waals surface area contributed by atoms with Gasteiger partial charge in [0.05, 0.1) is 23.3 Å². The van der Waals surface area contributed by atoms with Crippen LogP contribution in [0.25, 0.3) is 33.7 Å². The number of ether oxygens (including phenoxy) is 3. The molecule has 0 atom stereocenters. The third-order valence-electron chi connectivity index (χ3n) is 10.5. The standard InChI is InChI=1S/C22H18N2O2.C21H18N2O2.C14H15N3O2/c23-17-10-16(11-18(24)12-17)22(25)26-13-21-19-7-3-1-5-14(19)9-15-6-2-4-8-20(15)21;22-18-12-17(13-19(23)14-18)21(24)25-20-10-8-16(9-11-20)7-6-15-4-2-1-3-5-15;15-11-7-10(8-12(16)9-11)14(18)19-6-4-13-3-1-2-5-17-13/h1-12H,13,23-24H2;1-14H,22-23H2;1-3,5,7-9H,4,6,15-16H2/b;7-6-;. The fraction of sp³-hybridized carbons (Fsp3) is 0.0526. The highest BCUT2D eigenvalue weighted by Gasteiger charge is 2.14. The summed E-state index contributed by atoms with van der Waals surface area (Å²) in [4.78, 5) is 40.6. The van der Waals surface area contributed by atoms with Crippen molar-refractivity contribution in [3.8, 4) is 5.75 Å². The summed E-state index contributed by atoms with van der Waals surface area (Å²) in [5.74, 6) is -0.912. The molecule has 0 spiro atoms. The predicted octanol–water partition coefficient (Wildman–Crippen LogP) is 10.4. The van der Waals surface area contributed by atoms with Gasteiger partial charge in [0, 0.05) is 58.0 Å². The van der Waals surface area contributed by atoms with Crippen molar-refractivity contribution in [2.75, 3.05) is 41.0 Å². The summed E-state index contributed by atoms with van der Waals surface area (Å²) < 4.78 is 16.1. The van der Waals surface area contributed by atoms with Crippen molar-refractivity contribution in [3.05, 3.63) is 227 Å². The second-order valence-electron chi connectivity index (χ2n) is 15.9. The van der Waals surface area contributed by atoms with Gasteiger partial charge in [0.25, 0.3) is 0 Å². The van der Waals surface area contributed by atoms with Gasteiger partial charge in [-0.15, -0.1) is 0 Å². The van der Waals surface area contributed by atoms with E-state index < -0.39 is 17.9 Å². The van der Waals surface area contributed by atoms with E-state index in [1.54, 1.807) is 60.8 Å². The van der Waals surface area contributed by atoms with E-state index in [1.807, 2.05) is 109 Å². The van der Waals surface area contributed by atoms with Crippen LogP contribution in [-0.2, 0) is 22.5 Å². The van der Waals surface area contributed by atoms with Gasteiger partial charge in [0.2, 0.25) is 0 Å². The van der Waals surface area contributed by atoms with Gasteiger partial charge >= 0.3 is 17.9 Å². The number of carbonyl (C=O) groups excluding carboxylic acids is 3. The highest BCUT2D eigenvalue weighted by atomic mass is 16.5. The molecule has 0 aliphatic heterocycles. The number of esters is 3. The molecule has 0 saturated carbocycles. The van der Waals surface area contributed by atoms with Gasteiger partial charge in [-0.3, -0.25) is 4.98 Å². The third-order valence-corrected chi connectivity index (χ3v) is 10.5. The molecule has 9 rings (SSSR count). The fourth-order valence-electron chi connectivity index (χ4n) is 7.31. The Morgan fingerprint density at radius 2 is 0.886 bits per heavy atom.